The first-order chi connectivity index (χ1) is 26.4. The van der Waals surface area contributed by atoms with Crippen LogP contribution in [0.3, 0.4) is 0 Å². The lowest BCUT2D eigenvalue weighted by Gasteiger charge is -2.37. The number of hydrogen-bond acceptors (Lipinski definition) is 10. The third-order valence-corrected chi connectivity index (χ3v) is 10.6. The number of piperazine rings is 1. The van der Waals surface area contributed by atoms with Crippen molar-refractivity contribution in [3.8, 4) is 5.75 Å². The summed E-state index contributed by atoms with van der Waals surface area (Å²) in [6, 6.07) is 8.91. The third kappa shape index (κ3) is 9.97. The summed E-state index contributed by atoms with van der Waals surface area (Å²) >= 11 is 0. The minimum atomic E-state index is -1.24. The van der Waals surface area contributed by atoms with E-state index >= 15 is 0 Å². The summed E-state index contributed by atoms with van der Waals surface area (Å²) in [6.07, 6.45) is 1.50. The molecule has 0 bridgehead atoms. The number of likely N-dealkylation sites (tertiary alicyclic amines) is 1. The molecule has 0 saturated carbocycles. The van der Waals surface area contributed by atoms with E-state index in [-0.39, 0.29) is 11.8 Å². The lowest BCUT2D eigenvalue weighted by Crippen LogP contribution is -2.60. The molecule has 3 aromatic rings. The molecule has 0 aliphatic carbocycles. The first kappa shape index (κ1) is 42.0. The van der Waals surface area contributed by atoms with E-state index in [4.69, 9.17) is 4.74 Å². The van der Waals surface area contributed by atoms with Gasteiger partial charge in [-0.05, 0) is 67.0 Å². The SMILES string of the molecule is CCN1CCN(c2ccc(Nc3ncnc4cc(OC)c(NC(=O)[C@@H]5CCCN5C(=O)[C@@H](NC(=O)[C@H](CC(C)(C)C)N(C)C(=O)O)C(C)(C)C)cc34)cc2)CC1. The van der Waals surface area contributed by atoms with Crippen LogP contribution in [0.15, 0.2) is 42.7 Å². The number of carboxylic acid groups (broad SMARTS) is 1. The van der Waals surface area contributed by atoms with Gasteiger partial charge in [-0.15, -0.1) is 0 Å². The molecule has 0 radical (unpaired) electrons. The second-order valence-corrected chi connectivity index (χ2v) is 17.0. The zero-order valence-electron chi connectivity index (χ0n) is 34.3. The number of likely N-dealkylation sites (N-methyl/N-ethyl adjacent to an activating group) is 2. The van der Waals surface area contributed by atoms with Gasteiger partial charge in [-0.1, -0.05) is 48.5 Å². The summed E-state index contributed by atoms with van der Waals surface area (Å²) in [5.74, 6) is -0.420. The predicted molar refractivity (Wildman–Crippen MR) is 219 cm³/mol. The van der Waals surface area contributed by atoms with Crippen LogP contribution in [0.25, 0.3) is 10.9 Å². The second-order valence-electron chi connectivity index (χ2n) is 17.0. The number of nitrogens with one attached hydrogen (secondary N) is 3. The number of carbonyl (C=O) groups excluding carboxylic acids is 3. The van der Waals surface area contributed by atoms with E-state index in [1.165, 1.54) is 31.1 Å². The fourth-order valence-corrected chi connectivity index (χ4v) is 7.36. The van der Waals surface area contributed by atoms with Gasteiger partial charge in [-0.2, -0.15) is 0 Å². The first-order valence-electron chi connectivity index (χ1n) is 19.4. The number of benzene rings is 2. The van der Waals surface area contributed by atoms with Crippen molar-refractivity contribution in [2.75, 3.05) is 69.0 Å². The molecule has 2 aromatic carbocycles. The third-order valence-electron chi connectivity index (χ3n) is 10.6. The maximum atomic E-state index is 14.3. The highest BCUT2D eigenvalue weighted by Crippen LogP contribution is 2.35. The highest BCUT2D eigenvalue weighted by molar-refractivity contribution is 6.03. The summed E-state index contributed by atoms with van der Waals surface area (Å²) in [5.41, 5.74) is 1.91. The van der Waals surface area contributed by atoms with Crippen LogP contribution in [-0.2, 0) is 14.4 Å². The molecule has 0 unspecified atom stereocenters. The van der Waals surface area contributed by atoms with Gasteiger partial charge in [0, 0.05) is 62.6 Å². The summed E-state index contributed by atoms with van der Waals surface area (Å²) in [5, 5.41) is 19.7. The summed E-state index contributed by atoms with van der Waals surface area (Å²) in [7, 11) is 2.87. The number of nitrogens with zero attached hydrogens (tertiary/aromatic N) is 6. The Hall–Kier alpha value is -5.18. The zero-order valence-corrected chi connectivity index (χ0v) is 34.3. The molecular formula is C41H59N9O6. The topological polar surface area (TPSA) is 173 Å². The molecule has 4 amide bonds. The molecule has 3 heterocycles. The van der Waals surface area contributed by atoms with Gasteiger partial charge in [0.25, 0.3) is 0 Å². The lowest BCUT2D eigenvalue weighted by molar-refractivity contribution is -0.143. The Bertz CT molecular complexity index is 1880. The van der Waals surface area contributed by atoms with Gasteiger partial charge in [0.15, 0.2) is 0 Å². The van der Waals surface area contributed by atoms with Crippen molar-refractivity contribution in [3.05, 3.63) is 42.7 Å². The number of hydrogen-bond donors (Lipinski definition) is 4. The quantitative estimate of drug-likeness (QED) is 0.186. The van der Waals surface area contributed by atoms with Gasteiger partial charge >= 0.3 is 6.09 Å². The van der Waals surface area contributed by atoms with E-state index in [1.807, 2.05) is 53.7 Å². The van der Waals surface area contributed by atoms with Crippen LogP contribution in [-0.4, -0.2) is 125 Å². The highest BCUT2D eigenvalue weighted by Gasteiger charge is 2.43. The van der Waals surface area contributed by atoms with Gasteiger partial charge in [-0.25, -0.2) is 14.8 Å². The average molecular weight is 774 g/mol. The van der Waals surface area contributed by atoms with E-state index in [1.54, 1.807) is 12.1 Å². The Morgan fingerprint density at radius 1 is 0.982 bits per heavy atom. The van der Waals surface area contributed by atoms with Gasteiger partial charge in [0.05, 0.1) is 18.3 Å². The smallest absolute Gasteiger partial charge is 0.407 e. The molecule has 15 heteroatoms. The van der Waals surface area contributed by atoms with Crippen molar-refractivity contribution < 1.29 is 29.0 Å². The van der Waals surface area contributed by atoms with E-state index in [0.29, 0.717) is 47.5 Å². The molecule has 3 atom stereocenters. The van der Waals surface area contributed by atoms with Crippen molar-refractivity contribution in [3.63, 3.8) is 0 Å². The van der Waals surface area contributed by atoms with Crippen LogP contribution >= 0.6 is 0 Å². The minimum Gasteiger partial charge on any atom is -0.494 e. The number of methoxy groups -OCH3 is 1. The molecule has 4 N–H and O–H groups in total. The number of rotatable bonds is 12. The van der Waals surface area contributed by atoms with E-state index in [2.05, 4.69) is 54.8 Å². The van der Waals surface area contributed by atoms with Crippen molar-refractivity contribution >= 4 is 57.6 Å². The highest BCUT2D eigenvalue weighted by atomic mass is 16.5. The maximum Gasteiger partial charge on any atom is 0.407 e. The van der Waals surface area contributed by atoms with Crippen molar-refractivity contribution in [2.45, 2.75) is 85.9 Å². The van der Waals surface area contributed by atoms with E-state index < -0.39 is 47.4 Å². The number of carbonyl (C=O) groups is 4. The zero-order chi connectivity index (χ0) is 40.9. The largest absolute Gasteiger partial charge is 0.494 e. The van der Waals surface area contributed by atoms with Crippen LogP contribution in [0.1, 0.15) is 67.7 Å². The molecular weight excluding hydrogens is 715 g/mol. The molecule has 15 nitrogen and oxygen atoms in total. The first-order valence-corrected chi connectivity index (χ1v) is 19.4. The minimum absolute atomic E-state index is 0.251. The average Bonchev–Trinajstić information content (AvgIpc) is 3.65. The summed E-state index contributed by atoms with van der Waals surface area (Å²) in [6.45, 7) is 18.9. The predicted octanol–water partition coefficient (Wildman–Crippen LogP) is 5.40. The van der Waals surface area contributed by atoms with E-state index in [9.17, 15) is 24.3 Å². The van der Waals surface area contributed by atoms with Crippen LogP contribution in [0, 0.1) is 10.8 Å². The Morgan fingerprint density at radius 3 is 2.25 bits per heavy atom. The molecule has 2 aliphatic heterocycles. The van der Waals surface area contributed by atoms with Gasteiger partial charge in [0.2, 0.25) is 17.7 Å². The van der Waals surface area contributed by atoms with Gasteiger partial charge in [-0.3, -0.25) is 19.3 Å². The van der Waals surface area contributed by atoms with Gasteiger partial charge in [0.1, 0.15) is 36.0 Å². The molecule has 1 aromatic heterocycles. The lowest BCUT2D eigenvalue weighted by atomic mass is 9.84. The second kappa shape index (κ2) is 17.3. The molecule has 5 rings (SSSR count). The van der Waals surface area contributed by atoms with Gasteiger partial charge < -0.3 is 40.5 Å². The monoisotopic (exact) mass is 773 g/mol. The molecule has 2 saturated heterocycles. The maximum absolute atomic E-state index is 14.3. The van der Waals surface area contributed by atoms with Crippen molar-refractivity contribution in [1.82, 2.24) is 30.0 Å². The Labute approximate surface area is 330 Å². The molecule has 56 heavy (non-hydrogen) atoms. The van der Waals surface area contributed by atoms with Crippen LogP contribution < -0.4 is 25.6 Å². The molecule has 2 aliphatic rings. The van der Waals surface area contributed by atoms with E-state index in [0.717, 1.165) is 43.3 Å². The number of aromatic nitrogens is 2. The number of ether oxygens (including phenoxy) is 1. The number of anilines is 4. The Balaban J connectivity index is 1.34. The van der Waals surface area contributed by atoms with Crippen LogP contribution in [0.4, 0.5) is 27.7 Å². The molecule has 304 valence electrons. The standard InChI is InChI=1S/C41H59N9O6/c1-10-48-18-20-49(21-19-48)27-15-13-26(14-16-27)44-35-28-22-30(33(56-9)23-29(28)42-25-43-35)45-36(51)31-12-11-17-50(31)38(53)34(41(5,6)7)46-37(52)32(24-40(2,3)4)47(8)39(54)55/h13-16,22-23,25,31-32,34H,10-12,17-21,24H2,1-9H3,(H,45,51)(H,46,52)(H,54,55)(H,42,43,44)/t31-,32-,34+/m0/s1. The summed E-state index contributed by atoms with van der Waals surface area (Å²) in [4.78, 5) is 70.3. The molecule has 0 spiro atoms. The van der Waals surface area contributed by atoms with Crippen molar-refractivity contribution in [2.24, 2.45) is 10.8 Å². The Kier molecular flexibility index (Phi) is 13.0. The number of fused-ring (bicyclic) bond motifs is 1. The number of amides is 4. The fraction of sp³-hybridized carbons (Fsp3) is 0.561. The van der Waals surface area contributed by atoms with Crippen LogP contribution in [0.5, 0.6) is 5.75 Å². The fourth-order valence-electron chi connectivity index (χ4n) is 7.36. The Morgan fingerprint density at radius 2 is 1.66 bits per heavy atom. The van der Waals surface area contributed by atoms with Crippen molar-refractivity contribution in [1.29, 1.82) is 0 Å². The normalized spacial score (nSPS) is 17.6. The van der Waals surface area contributed by atoms with Crippen LogP contribution in [0.2, 0.25) is 0 Å². The molecule has 2 fully saturated rings. The summed E-state index contributed by atoms with van der Waals surface area (Å²) < 4.78 is 5.68.